The molecule has 0 saturated carbocycles. The summed E-state index contributed by atoms with van der Waals surface area (Å²) in [4.78, 5) is 76.3. The van der Waals surface area contributed by atoms with Gasteiger partial charge in [0, 0.05) is 58.0 Å². The van der Waals surface area contributed by atoms with E-state index in [1.807, 2.05) is 29.2 Å². The zero-order chi connectivity index (χ0) is 46.8. The van der Waals surface area contributed by atoms with Crippen LogP contribution in [-0.4, -0.2) is 137 Å². The fourth-order valence-corrected chi connectivity index (χ4v) is 10.7. The van der Waals surface area contributed by atoms with E-state index in [0.717, 1.165) is 50.0 Å². The number of hydrogen-bond acceptors (Lipinski definition) is 12. The number of alkyl halides is 2. The Morgan fingerprint density at radius 1 is 1.04 bits per heavy atom. The van der Waals surface area contributed by atoms with Crippen LogP contribution in [0, 0.1) is 0 Å². The first-order valence-corrected chi connectivity index (χ1v) is 23.1. The van der Waals surface area contributed by atoms with E-state index in [4.69, 9.17) is 14.5 Å². The molecule has 1 spiro atoms. The van der Waals surface area contributed by atoms with Gasteiger partial charge in [-0.15, -0.1) is 0 Å². The van der Waals surface area contributed by atoms with Gasteiger partial charge in [0.1, 0.15) is 17.4 Å². The molecule has 5 fully saturated rings. The molecule has 0 radical (unpaired) electrons. The smallest absolute Gasteiger partial charge is 0.329 e. The topological polar surface area (TPSA) is 195 Å². The number of imidazole rings is 1. The van der Waals surface area contributed by atoms with Gasteiger partial charge in [0.2, 0.25) is 11.8 Å². The van der Waals surface area contributed by atoms with Crippen molar-refractivity contribution in [2.45, 2.75) is 75.2 Å². The molecule has 1 unspecified atom stereocenters. The molecule has 19 nitrogen and oxygen atoms in total. The minimum atomic E-state index is -2.98. The summed E-state index contributed by atoms with van der Waals surface area (Å²) in [7, 11) is 1.72. The quantitative estimate of drug-likeness (QED) is 0.180. The Labute approximate surface area is 387 Å². The number of nitrogens with one attached hydrogen (secondary N) is 2. The zero-order valence-corrected chi connectivity index (χ0v) is 37.4. The van der Waals surface area contributed by atoms with Gasteiger partial charge >= 0.3 is 5.69 Å². The van der Waals surface area contributed by atoms with Crippen LogP contribution in [0.25, 0.3) is 22.4 Å². The van der Waals surface area contributed by atoms with Crippen LogP contribution in [0.2, 0.25) is 0 Å². The number of aromatic nitrogens is 7. The maximum absolute atomic E-state index is 14.3. The molecule has 11 rings (SSSR count). The number of aryl methyl sites for hydroxylation is 2. The summed E-state index contributed by atoms with van der Waals surface area (Å²) in [6.45, 7) is 5.24. The average Bonchev–Trinajstić information content (AvgIpc) is 4.19. The van der Waals surface area contributed by atoms with Gasteiger partial charge in [0.15, 0.2) is 11.3 Å². The van der Waals surface area contributed by atoms with E-state index in [-0.39, 0.29) is 59.3 Å². The number of rotatable bonds is 11. The number of imide groups is 1. The molecule has 5 aliphatic rings. The summed E-state index contributed by atoms with van der Waals surface area (Å²) in [5, 5.41) is 13.3. The van der Waals surface area contributed by atoms with Crippen molar-refractivity contribution in [2.24, 2.45) is 7.05 Å². The van der Waals surface area contributed by atoms with E-state index in [0.29, 0.717) is 73.9 Å². The lowest BCUT2D eigenvalue weighted by molar-refractivity contribution is -0.135. The Kier molecular flexibility index (Phi) is 11.2. The van der Waals surface area contributed by atoms with Crippen molar-refractivity contribution in [3.63, 3.8) is 0 Å². The first-order valence-electron chi connectivity index (χ1n) is 23.1. The van der Waals surface area contributed by atoms with Crippen LogP contribution in [0.1, 0.15) is 83.0 Å². The fourth-order valence-electron chi connectivity index (χ4n) is 10.7. The lowest BCUT2D eigenvalue weighted by Gasteiger charge is -2.47. The molecule has 0 aliphatic carbocycles. The Balaban J connectivity index is 0.699. The first-order chi connectivity index (χ1) is 32.9. The normalized spacial score (nSPS) is 21.7. The summed E-state index contributed by atoms with van der Waals surface area (Å²) >= 11 is 0. The predicted octanol–water partition coefficient (Wildman–Crippen LogP) is 3.65. The van der Waals surface area contributed by atoms with Crippen molar-refractivity contribution in [3.8, 4) is 5.69 Å². The second-order valence-corrected chi connectivity index (χ2v) is 18.5. The highest BCUT2D eigenvalue weighted by molar-refractivity contribution is 6.08. The minimum absolute atomic E-state index is 0.124. The second kappa shape index (κ2) is 17.4. The molecule has 5 saturated heterocycles. The SMILES string of the molecule is Cn1c(=O)n(C2CCC(=O)NC2=O)c2cccc(CCCN3CCOC4(CCN(C(=O)c5ccc(-n6cc(NC(=O)c7cnn8ccc(N9C[C@H]%10C[C@@H]9CO%10)nc78)c(C(F)F)n6)cc5)CC4)C3)c21. The highest BCUT2D eigenvalue weighted by Gasteiger charge is 2.42. The van der Waals surface area contributed by atoms with E-state index < -0.39 is 30.0 Å². The Bertz CT molecular complexity index is 3030. The number of morpholine rings is 2. The van der Waals surface area contributed by atoms with Crippen LogP contribution in [-0.2, 0) is 32.5 Å². The van der Waals surface area contributed by atoms with Gasteiger partial charge < -0.3 is 24.6 Å². The molecule has 2 bridgehead atoms. The largest absolute Gasteiger partial charge is 0.374 e. The van der Waals surface area contributed by atoms with Gasteiger partial charge in [-0.05, 0) is 87.0 Å². The Morgan fingerprint density at radius 3 is 2.62 bits per heavy atom. The average molecular weight is 933 g/mol. The van der Waals surface area contributed by atoms with Crippen LogP contribution >= 0.6 is 0 Å². The second-order valence-electron chi connectivity index (χ2n) is 18.5. The number of ether oxygens (including phenoxy) is 2. The Hall–Kier alpha value is -6.84. The third-order valence-corrected chi connectivity index (χ3v) is 14.3. The number of para-hydroxylation sites is 1. The van der Waals surface area contributed by atoms with Crippen molar-refractivity contribution in [3.05, 3.63) is 100.0 Å². The number of halogens is 2. The number of benzene rings is 2. The molecule has 9 heterocycles. The number of amides is 4. The van der Waals surface area contributed by atoms with Crippen LogP contribution in [0.15, 0.2) is 71.9 Å². The van der Waals surface area contributed by atoms with Gasteiger partial charge in [-0.25, -0.2) is 27.8 Å². The Morgan fingerprint density at radius 2 is 1.87 bits per heavy atom. The molecule has 21 heteroatoms. The monoisotopic (exact) mass is 932 g/mol. The number of likely N-dealkylation sites (tertiary alicyclic amines) is 1. The van der Waals surface area contributed by atoms with Crippen LogP contribution in [0.4, 0.5) is 20.3 Å². The lowest BCUT2D eigenvalue weighted by atomic mass is 9.89. The molecule has 6 aromatic rings. The lowest BCUT2D eigenvalue weighted by Crippen LogP contribution is -2.57. The summed E-state index contributed by atoms with van der Waals surface area (Å²) in [6, 6.07) is 13.6. The number of anilines is 2. The van der Waals surface area contributed by atoms with E-state index in [2.05, 4.69) is 30.6 Å². The highest BCUT2D eigenvalue weighted by Crippen LogP contribution is 2.34. The molecular formula is C47H50F2N12O7. The zero-order valence-electron chi connectivity index (χ0n) is 37.4. The summed E-state index contributed by atoms with van der Waals surface area (Å²) in [5.41, 5.74) is 2.34. The highest BCUT2D eigenvalue weighted by atomic mass is 19.3. The van der Waals surface area contributed by atoms with Crippen molar-refractivity contribution in [2.75, 3.05) is 62.7 Å². The van der Waals surface area contributed by atoms with E-state index in [1.165, 1.54) is 26.2 Å². The molecule has 2 aromatic carbocycles. The third-order valence-electron chi connectivity index (χ3n) is 14.3. The van der Waals surface area contributed by atoms with Crippen molar-refractivity contribution in [1.29, 1.82) is 0 Å². The number of hydrogen-bond donors (Lipinski definition) is 2. The molecule has 354 valence electrons. The third kappa shape index (κ3) is 7.90. The first kappa shape index (κ1) is 43.7. The van der Waals surface area contributed by atoms with Gasteiger partial charge in [-0.1, -0.05) is 12.1 Å². The molecule has 2 N–H and O–H groups in total. The van der Waals surface area contributed by atoms with Crippen LogP contribution in [0.5, 0.6) is 0 Å². The molecule has 4 aromatic heterocycles. The molecule has 3 atom stereocenters. The van der Waals surface area contributed by atoms with Crippen molar-refractivity contribution >= 4 is 51.8 Å². The van der Waals surface area contributed by atoms with Crippen LogP contribution in [0.3, 0.4) is 0 Å². The molecule has 68 heavy (non-hydrogen) atoms. The number of fused-ring (bicyclic) bond motifs is 4. The van der Waals surface area contributed by atoms with Gasteiger partial charge in [-0.3, -0.25) is 38.5 Å². The van der Waals surface area contributed by atoms with E-state index in [9.17, 15) is 32.8 Å². The summed E-state index contributed by atoms with van der Waals surface area (Å²) in [6.07, 6.45) is 5.84. The molecule has 4 amide bonds. The molecule has 5 aliphatic heterocycles. The van der Waals surface area contributed by atoms with E-state index in [1.54, 1.807) is 42.1 Å². The minimum Gasteiger partial charge on any atom is -0.374 e. The fraction of sp³-hybridized carbons (Fsp3) is 0.447. The summed E-state index contributed by atoms with van der Waals surface area (Å²) < 4.78 is 46.6. The van der Waals surface area contributed by atoms with Crippen molar-refractivity contribution < 1.29 is 37.4 Å². The number of carbonyl (C=O) groups is 4. The van der Waals surface area contributed by atoms with Gasteiger partial charge in [-0.2, -0.15) is 10.2 Å². The number of piperidine rings is 2. The predicted molar refractivity (Wildman–Crippen MR) is 242 cm³/mol. The maximum atomic E-state index is 14.3. The number of nitrogens with zero attached hydrogens (tertiary/aromatic N) is 10. The van der Waals surface area contributed by atoms with Crippen LogP contribution < -0.4 is 21.2 Å². The summed E-state index contributed by atoms with van der Waals surface area (Å²) in [5.74, 6) is -0.899. The standard InChI is InChI=1S/C47H50F2N12O7/c1-55-40-28(4-2-6-35(40)61(46(55)66)36-11-12-38(62)53-44(36)64)5-3-16-56-20-21-68-47(27-56)14-18-57(19-15-47)45(65)29-7-9-30(10-8-29)60-25-34(39(54-60)41(48)49)51-43(63)33-23-50-59-17-13-37(52-42(33)59)58-24-32-22-31(58)26-67-32/h2,4,6-10,13,17,23,25,31-32,36,41H,3,5,11-12,14-16,18-22,24,26-27H2,1H3,(H,51,63)(H,53,62,64)/t31-,32-,36?/m1/s1. The number of carbonyl (C=O) groups excluding carboxylic acids is 4. The maximum Gasteiger partial charge on any atom is 0.329 e. The van der Waals surface area contributed by atoms with Gasteiger partial charge in [0.25, 0.3) is 18.2 Å². The van der Waals surface area contributed by atoms with E-state index >= 15 is 0 Å². The molecular weight excluding hydrogens is 883 g/mol. The van der Waals surface area contributed by atoms with Gasteiger partial charge in [0.05, 0.1) is 65.8 Å². The van der Waals surface area contributed by atoms with Crippen molar-refractivity contribution in [1.82, 2.24) is 48.6 Å².